The van der Waals surface area contributed by atoms with E-state index in [1.807, 2.05) is 72.8 Å². The number of hydrogen-bond acceptors (Lipinski definition) is 2. The van der Waals surface area contributed by atoms with Crippen LogP contribution in [0.4, 0.5) is 34.1 Å². The van der Waals surface area contributed by atoms with Crippen LogP contribution in [0.2, 0.25) is 0 Å². The number of fused-ring (bicyclic) bond motifs is 10. The zero-order valence-electron chi connectivity index (χ0n) is 83.7. The van der Waals surface area contributed by atoms with Crippen LogP contribution in [0.25, 0.3) is 133 Å². The maximum absolute atomic E-state index is 10.1. The molecule has 18 aromatic rings. The summed E-state index contributed by atoms with van der Waals surface area (Å²) >= 11 is 0. The summed E-state index contributed by atoms with van der Waals surface area (Å²) in [7, 11) is 0. The van der Waals surface area contributed by atoms with E-state index in [1.54, 1.807) is 9.13 Å². The molecule has 0 fully saturated rings. The molecule has 0 radical (unpaired) electrons. The molecule has 0 aliphatic carbocycles. The molecule has 0 bridgehead atoms. The van der Waals surface area contributed by atoms with E-state index in [0.717, 1.165) is 128 Å². The minimum absolute atomic E-state index is 0.0609. The second kappa shape index (κ2) is 27.8. The summed E-state index contributed by atoms with van der Waals surface area (Å²) in [6.07, 6.45) is 0. The lowest BCUT2D eigenvalue weighted by Gasteiger charge is -2.46. The lowest BCUT2D eigenvalue weighted by molar-refractivity contribution is 0.569. The van der Waals surface area contributed by atoms with Crippen LogP contribution in [0.3, 0.4) is 0 Å². The fraction of sp³-hybridized carbons (Fsp3) is 0.143. The molecule has 20 rings (SSSR count). The van der Waals surface area contributed by atoms with Crippen LogP contribution < -0.4 is 26.2 Å². The third kappa shape index (κ3) is 12.5. The third-order valence-electron chi connectivity index (χ3n) is 23.8. The van der Waals surface area contributed by atoms with E-state index in [-0.39, 0.29) is 54.4 Å². The van der Waals surface area contributed by atoms with Crippen LogP contribution in [-0.4, -0.2) is 15.8 Å². The van der Waals surface area contributed by atoms with Gasteiger partial charge in [0, 0.05) is 77.9 Å². The SMILES string of the molecule is [2H]c1c([2H])c([2H])c2c(c1[2H])c1c([2H])c([2H])c([2H])c([2H])c1n2-c1ccc2c(c1)N(c1c(-c3cccc(-c4ccccc4)c3)cccc1-c1cccc(C(C)(C)C)c1)c1cc(-c3cc(C(C)(C)C)cc(C(C)(C)C)c3)cc3c1B2c1ccc(-n2c4c([2H])c([2H])c([2H])c([2H])c4c4c([2H])c([2H])c([2H])c([2H])c42)cc1N3c1c(-c2cccc(-c3ccccc3)c2)cccc1-c1cccc(C(C)(C)C)c1. The summed E-state index contributed by atoms with van der Waals surface area (Å²) in [6.45, 7) is 25.8. The van der Waals surface area contributed by atoms with Gasteiger partial charge in [-0.25, -0.2) is 0 Å². The lowest BCUT2D eigenvalue weighted by Crippen LogP contribution is -2.61. The Morgan fingerprint density at radius 2 is 0.538 bits per heavy atom. The zero-order chi connectivity index (χ0) is 93.9. The molecule has 16 aromatic carbocycles. The van der Waals surface area contributed by atoms with Crippen molar-refractivity contribution in [1.82, 2.24) is 9.13 Å². The quantitative estimate of drug-likeness (QED) is 0.120. The Bertz CT molecular complexity index is 7410. The van der Waals surface area contributed by atoms with Crippen molar-refractivity contribution < 1.29 is 21.9 Å². The van der Waals surface area contributed by atoms with Crippen LogP contribution in [-0.2, 0) is 21.7 Å². The highest BCUT2D eigenvalue weighted by atomic mass is 15.2. The van der Waals surface area contributed by atoms with Gasteiger partial charge < -0.3 is 18.9 Å². The number of benzene rings is 16. The van der Waals surface area contributed by atoms with Gasteiger partial charge in [-0.1, -0.05) is 368 Å². The largest absolute Gasteiger partial charge is 0.310 e. The molecule has 0 spiro atoms. The fourth-order valence-electron chi connectivity index (χ4n) is 17.7. The van der Waals surface area contributed by atoms with E-state index in [1.165, 1.54) is 0 Å². The van der Waals surface area contributed by atoms with Gasteiger partial charge in [0.2, 0.25) is 0 Å². The summed E-state index contributed by atoms with van der Waals surface area (Å²) in [5, 5.41) is -0.326. The van der Waals surface area contributed by atoms with Crippen molar-refractivity contribution in [2.45, 2.75) is 105 Å². The van der Waals surface area contributed by atoms with Gasteiger partial charge in [-0.05, 0) is 189 Å². The fourth-order valence-corrected chi connectivity index (χ4v) is 17.7. The van der Waals surface area contributed by atoms with Gasteiger partial charge in [0.25, 0.3) is 6.71 Å². The Hall–Kier alpha value is -13.2. The monoisotopic (exact) mass is 1520 g/mol. The summed E-state index contributed by atoms with van der Waals surface area (Å²) in [4.78, 5) is 4.74. The van der Waals surface area contributed by atoms with Gasteiger partial charge in [0.1, 0.15) is 0 Å². The van der Waals surface area contributed by atoms with Crippen LogP contribution in [0, 0.1) is 0 Å². The topological polar surface area (TPSA) is 16.3 Å². The first-order valence-corrected chi connectivity index (χ1v) is 40.3. The maximum atomic E-state index is 10.1. The summed E-state index contributed by atoms with van der Waals surface area (Å²) in [5.74, 6) is 0. The van der Waals surface area contributed by atoms with Gasteiger partial charge in [-0.3, -0.25) is 0 Å². The van der Waals surface area contributed by atoms with E-state index >= 15 is 0 Å². The van der Waals surface area contributed by atoms with Crippen LogP contribution in [0.5, 0.6) is 0 Å². The highest BCUT2D eigenvalue weighted by Crippen LogP contribution is 2.56. The Morgan fingerprint density at radius 3 is 0.897 bits per heavy atom. The lowest BCUT2D eigenvalue weighted by atomic mass is 9.33. The van der Waals surface area contributed by atoms with E-state index in [2.05, 4.69) is 281 Å². The average Bonchev–Trinajstić information content (AvgIpc) is 1.65. The molecular weight excluding hydrogens is 1410 g/mol. The van der Waals surface area contributed by atoms with E-state index < -0.39 is 114 Å². The molecule has 0 N–H and O–H groups in total. The molecule has 566 valence electrons. The predicted octanol–water partition coefficient (Wildman–Crippen LogP) is 28.8. The van der Waals surface area contributed by atoms with Gasteiger partial charge in [0.05, 0.1) is 55.4 Å². The maximum Gasteiger partial charge on any atom is 0.252 e. The van der Waals surface area contributed by atoms with Crippen molar-refractivity contribution in [1.29, 1.82) is 0 Å². The van der Waals surface area contributed by atoms with E-state index in [4.69, 9.17) is 0 Å². The van der Waals surface area contributed by atoms with Crippen LogP contribution in [0.15, 0.2) is 358 Å². The average molecular weight is 1520 g/mol. The predicted molar refractivity (Wildman–Crippen MR) is 502 cm³/mol. The second-order valence-corrected chi connectivity index (χ2v) is 35.3. The number of aromatic nitrogens is 2. The molecule has 0 amide bonds. The van der Waals surface area contributed by atoms with Crippen molar-refractivity contribution in [2.75, 3.05) is 9.80 Å². The molecule has 2 aliphatic heterocycles. The first kappa shape index (κ1) is 56.9. The van der Waals surface area contributed by atoms with Gasteiger partial charge in [-0.15, -0.1) is 0 Å². The third-order valence-corrected chi connectivity index (χ3v) is 23.8. The summed E-state index contributed by atoms with van der Waals surface area (Å²) in [5.41, 5.74) is 21.9. The Labute approximate surface area is 711 Å². The summed E-state index contributed by atoms with van der Waals surface area (Å²) < 4.78 is 157. The van der Waals surface area contributed by atoms with Gasteiger partial charge >= 0.3 is 0 Å². The molecular formula is C112H95BN4. The molecule has 0 saturated heterocycles. The molecule has 2 aliphatic rings. The first-order valence-electron chi connectivity index (χ1n) is 48.3. The minimum Gasteiger partial charge on any atom is -0.310 e. The van der Waals surface area contributed by atoms with Crippen molar-refractivity contribution in [2.24, 2.45) is 0 Å². The minimum atomic E-state index is -0.839. The highest BCUT2D eigenvalue weighted by molar-refractivity contribution is 7.00. The highest BCUT2D eigenvalue weighted by Gasteiger charge is 2.46. The molecule has 5 heteroatoms. The molecule has 4 nitrogen and oxygen atoms in total. The normalized spacial score (nSPS) is 14.8. The number of rotatable bonds is 11. The van der Waals surface area contributed by atoms with Gasteiger partial charge in [0.15, 0.2) is 0 Å². The number of anilines is 6. The number of para-hydroxylation sites is 6. The molecule has 2 aromatic heterocycles. The van der Waals surface area contributed by atoms with Crippen molar-refractivity contribution in [3.8, 4) is 89.3 Å². The van der Waals surface area contributed by atoms with Gasteiger partial charge in [-0.2, -0.15) is 0 Å². The number of hydrogen-bond donors (Lipinski definition) is 0. The second-order valence-electron chi connectivity index (χ2n) is 35.3. The van der Waals surface area contributed by atoms with Crippen LogP contribution >= 0.6 is 0 Å². The van der Waals surface area contributed by atoms with E-state index in [0.29, 0.717) is 34.1 Å². The molecule has 0 unspecified atom stereocenters. The van der Waals surface area contributed by atoms with E-state index in [9.17, 15) is 21.9 Å². The Balaban J connectivity index is 1.03. The molecule has 4 heterocycles. The van der Waals surface area contributed by atoms with Crippen molar-refractivity contribution in [3.63, 3.8) is 0 Å². The summed E-state index contributed by atoms with van der Waals surface area (Å²) in [6, 6.07) is 83.1. The molecule has 0 atom stereocenters. The number of nitrogens with zero attached hydrogens (tertiary/aromatic N) is 4. The smallest absolute Gasteiger partial charge is 0.252 e. The standard InChI is InChI=1S/C112H95BN4/c1-109(2,3)82-43-29-41-78(63-82)90-51-31-49-88(76-39-27-37-74(61-76)72-33-15-13-16-34-72)107(90)116-102-70-86(114-98-53-23-19-45-92(98)93-46-20-24-54-99(93)114)57-59-96(102)113-97-60-58-87(115-100-55-25-21-47-94(100)95-48-22-26-56-101(95)115)71-103(97)117(105-68-81(67-104(116)106(105)113)80-65-84(111(7,8)9)69-85(66-80)112(10,11)12)108-89(77-40-28-38-75(62-77)73-35-17-14-18-36-73)50-32-52-91(108)79-42-30-44-83(64-79)110(4,5)6/h13-71H,1-12H3/i19D,20D,21D,22D,23D,24D,25D,26D,45D,46D,47D,48D,53D,54D,55D,56D. The van der Waals surface area contributed by atoms with Crippen molar-refractivity contribution >= 4 is 101 Å². The first-order chi connectivity index (χ1) is 63.2. The zero-order valence-corrected chi connectivity index (χ0v) is 67.7. The molecule has 0 saturated carbocycles. The Morgan fingerprint density at radius 1 is 0.239 bits per heavy atom. The Kier molecular flexibility index (Phi) is 13.5. The van der Waals surface area contributed by atoms with Crippen molar-refractivity contribution in [3.05, 3.63) is 380 Å². The molecule has 117 heavy (non-hydrogen) atoms. The van der Waals surface area contributed by atoms with Crippen LogP contribution in [0.1, 0.15) is 127 Å².